The zero-order valence-corrected chi connectivity index (χ0v) is 25.3. The molecule has 10 heteroatoms. The summed E-state index contributed by atoms with van der Waals surface area (Å²) in [6.07, 6.45) is 5.92. The van der Waals surface area contributed by atoms with Crippen molar-refractivity contribution >= 4 is 45.4 Å². The normalized spacial score (nSPS) is 20.7. The quantitative estimate of drug-likeness (QED) is 0.393. The van der Waals surface area contributed by atoms with Crippen LogP contribution < -0.4 is 10.2 Å². The summed E-state index contributed by atoms with van der Waals surface area (Å²) in [5, 5.41) is 2.98. The number of ether oxygens (including phenoxy) is 1. The van der Waals surface area contributed by atoms with Gasteiger partial charge in [-0.3, -0.25) is 0 Å². The van der Waals surface area contributed by atoms with Crippen molar-refractivity contribution in [2.75, 3.05) is 18.5 Å². The van der Waals surface area contributed by atoms with E-state index in [1.165, 1.54) is 6.42 Å². The van der Waals surface area contributed by atoms with Gasteiger partial charge in [0, 0.05) is 30.3 Å². The van der Waals surface area contributed by atoms with Gasteiger partial charge < -0.3 is 19.7 Å². The molecule has 0 radical (unpaired) electrons. The number of anilines is 2. The van der Waals surface area contributed by atoms with Crippen LogP contribution in [-0.2, 0) is 26.0 Å². The number of carbonyl (C=O) groups is 2. The molecule has 1 aliphatic carbocycles. The highest BCUT2D eigenvalue weighted by Crippen LogP contribution is 2.42. The Balaban J connectivity index is 1.68. The summed E-state index contributed by atoms with van der Waals surface area (Å²) in [4.78, 5) is 26.2. The van der Waals surface area contributed by atoms with E-state index in [0.29, 0.717) is 35.5 Å². The van der Waals surface area contributed by atoms with Crippen molar-refractivity contribution < 1.29 is 22.7 Å². The van der Waals surface area contributed by atoms with Crippen LogP contribution in [0.4, 0.5) is 16.2 Å². The Labute approximate surface area is 243 Å². The minimum absolute atomic E-state index is 0.183. The second kappa shape index (κ2) is 12.5. The highest BCUT2D eigenvalue weighted by Gasteiger charge is 2.41. The van der Waals surface area contributed by atoms with E-state index >= 15 is 0 Å². The van der Waals surface area contributed by atoms with Gasteiger partial charge >= 0.3 is 6.09 Å². The molecule has 2 aliphatic rings. The Morgan fingerprint density at radius 3 is 2.45 bits per heavy atom. The van der Waals surface area contributed by atoms with Crippen LogP contribution in [0.5, 0.6) is 0 Å². The molecule has 2 aromatic rings. The van der Waals surface area contributed by atoms with E-state index in [2.05, 4.69) is 10.2 Å². The Morgan fingerprint density at radius 2 is 1.82 bits per heavy atom. The van der Waals surface area contributed by atoms with Crippen molar-refractivity contribution in [2.45, 2.75) is 88.3 Å². The van der Waals surface area contributed by atoms with E-state index < -0.39 is 27.8 Å². The molecule has 0 bridgehead atoms. The van der Waals surface area contributed by atoms with Crippen LogP contribution >= 0.6 is 11.6 Å². The third kappa shape index (κ3) is 6.98. The SMILES string of the molecule is CN1C(C2CCCCC2)CN(c2ccccc2)c2cc(Cl)c(CCC(C=O)NC(=O)OC(C)(C)C)cc2S1(=O)=O. The number of likely N-dealkylation sites (N-methyl/N-ethyl adjacent to an activating group) is 1. The highest BCUT2D eigenvalue weighted by atomic mass is 35.5. The molecule has 2 unspecified atom stereocenters. The third-order valence-corrected chi connectivity index (χ3v) is 10.0. The molecule has 40 heavy (non-hydrogen) atoms. The number of para-hydroxylation sites is 1. The summed E-state index contributed by atoms with van der Waals surface area (Å²) in [7, 11) is -2.16. The standard InChI is InChI=1S/C30H40ClN3O5S/c1-30(2,3)39-29(36)32-23(20-35)16-15-22-17-28-26(18-25(22)31)34(24-13-9-6-10-14-24)19-27(33(4)40(28,37)38)21-11-7-5-8-12-21/h6,9-10,13-14,17-18,20-21,23,27H,5,7-8,11-12,15-16,19H2,1-4H3,(H,32,36). The zero-order valence-electron chi connectivity index (χ0n) is 23.7. The first kappa shape index (κ1) is 30.3. The predicted octanol–water partition coefficient (Wildman–Crippen LogP) is 6.09. The molecule has 8 nitrogen and oxygen atoms in total. The van der Waals surface area contributed by atoms with Crippen LogP contribution in [0, 0.1) is 5.92 Å². The second-order valence-corrected chi connectivity index (χ2v) is 14.1. The van der Waals surface area contributed by atoms with Gasteiger partial charge in [0.05, 0.1) is 11.7 Å². The number of aryl methyl sites for hydroxylation is 1. The minimum atomic E-state index is -3.85. The number of benzene rings is 2. The largest absolute Gasteiger partial charge is 0.444 e. The molecule has 1 amide bonds. The Morgan fingerprint density at radius 1 is 1.15 bits per heavy atom. The molecule has 2 atom stereocenters. The number of amides is 1. The number of aldehydes is 1. The number of nitrogens with zero attached hydrogens (tertiary/aromatic N) is 2. The van der Waals surface area contributed by atoms with E-state index in [-0.39, 0.29) is 23.3 Å². The monoisotopic (exact) mass is 589 g/mol. The van der Waals surface area contributed by atoms with Gasteiger partial charge in [-0.05, 0) is 82.2 Å². The lowest BCUT2D eigenvalue weighted by Crippen LogP contribution is -2.46. The Kier molecular flexibility index (Phi) is 9.47. The number of rotatable bonds is 7. The molecular weight excluding hydrogens is 550 g/mol. The van der Waals surface area contributed by atoms with Gasteiger partial charge in [-0.15, -0.1) is 0 Å². The average Bonchev–Trinajstić information content (AvgIpc) is 2.99. The van der Waals surface area contributed by atoms with Crippen LogP contribution in [0.2, 0.25) is 5.02 Å². The average molecular weight is 590 g/mol. The van der Waals surface area contributed by atoms with Gasteiger partial charge in [-0.25, -0.2) is 13.2 Å². The number of carbonyl (C=O) groups excluding carboxylic acids is 2. The second-order valence-electron chi connectivity index (χ2n) is 11.8. The van der Waals surface area contributed by atoms with Gasteiger partial charge in [-0.2, -0.15) is 4.31 Å². The minimum Gasteiger partial charge on any atom is -0.444 e. The van der Waals surface area contributed by atoms with Gasteiger partial charge in [0.1, 0.15) is 16.8 Å². The first-order chi connectivity index (χ1) is 18.9. The lowest BCUT2D eigenvalue weighted by molar-refractivity contribution is -0.109. The van der Waals surface area contributed by atoms with Crippen LogP contribution in [-0.4, -0.2) is 56.4 Å². The van der Waals surface area contributed by atoms with Crippen molar-refractivity contribution in [3.05, 3.63) is 53.1 Å². The highest BCUT2D eigenvalue weighted by molar-refractivity contribution is 7.89. The topological polar surface area (TPSA) is 96.0 Å². The number of nitrogens with one attached hydrogen (secondary N) is 1. The third-order valence-electron chi connectivity index (χ3n) is 7.77. The number of alkyl carbamates (subject to hydrolysis) is 1. The van der Waals surface area contributed by atoms with E-state index in [0.717, 1.165) is 31.4 Å². The fraction of sp³-hybridized carbons (Fsp3) is 0.533. The number of hydrogen-bond acceptors (Lipinski definition) is 6. The summed E-state index contributed by atoms with van der Waals surface area (Å²) in [5.74, 6) is 0.274. The van der Waals surface area contributed by atoms with E-state index in [9.17, 15) is 18.0 Å². The summed E-state index contributed by atoms with van der Waals surface area (Å²) >= 11 is 6.77. The lowest BCUT2D eigenvalue weighted by atomic mass is 9.83. The number of hydrogen-bond donors (Lipinski definition) is 1. The Hall–Kier alpha value is -2.62. The summed E-state index contributed by atoms with van der Waals surface area (Å²) in [6.45, 7) is 5.76. The fourth-order valence-corrected chi connectivity index (χ4v) is 7.57. The van der Waals surface area contributed by atoms with Crippen LogP contribution in [0.1, 0.15) is 64.9 Å². The fourth-order valence-electron chi connectivity index (χ4n) is 5.69. The first-order valence-electron chi connectivity index (χ1n) is 14.0. The van der Waals surface area contributed by atoms with Crippen molar-refractivity contribution in [1.82, 2.24) is 9.62 Å². The number of sulfonamides is 1. The summed E-state index contributed by atoms with van der Waals surface area (Å²) in [5.41, 5.74) is 1.35. The van der Waals surface area contributed by atoms with Gasteiger partial charge in [0.15, 0.2) is 0 Å². The van der Waals surface area contributed by atoms with E-state index in [1.54, 1.807) is 44.3 Å². The smallest absolute Gasteiger partial charge is 0.408 e. The molecule has 1 heterocycles. The maximum absolute atomic E-state index is 14.1. The molecule has 218 valence electrons. The van der Waals surface area contributed by atoms with Crippen LogP contribution in [0.3, 0.4) is 0 Å². The molecule has 0 spiro atoms. The van der Waals surface area contributed by atoms with Crippen LogP contribution in [0.25, 0.3) is 0 Å². The van der Waals surface area contributed by atoms with E-state index in [1.807, 2.05) is 30.3 Å². The molecule has 1 fully saturated rings. The number of halogens is 1. The van der Waals surface area contributed by atoms with Crippen LogP contribution in [0.15, 0.2) is 47.4 Å². The van der Waals surface area contributed by atoms with Gasteiger partial charge in [0.25, 0.3) is 0 Å². The maximum atomic E-state index is 14.1. The molecule has 0 saturated heterocycles. The van der Waals surface area contributed by atoms with Crippen molar-refractivity contribution in [1.29, 1.82) is 0 Å². The molecular formula is C30H40ClN3O5S. The van der Waals surface area contributed by atoms with Gasteiger partial charge in [0.2, 0.25) is 10.0 Å². The van der Waals surface area contributed by atoms with E-state index in [4.69, 9.17) is 16.3 Å². The Bertz CT molecular complexity index is 1310. The molecule has 4 rings (SSSR count). The van der Waals surface area contributed by atoms with Crippen molar-refractivity contribution in [3.8, 4) is 0 Å². The molecule has 1 aliphatic heterocycles. The lowest BCUT2D eigenvalue weighted by Gasteiger charge is -2.36. The predicted molar refractivity (Wildman–Crippen MR) is 158 cm³/mol. The van der Waals surface area contributed by atoms with Crippen molar-refractivity contribution in [2.24, 2.45) is 5.92 Å². The molecule has 0 aromatic heterocycles. The zero-order chi connectivity index (χ0) is 29.1. The first-order valence-corrected chi connectivity index (χ1v) is 15.8. The summed E-state index contributed by atoms with van der Waals surface area (Å²) < 4.78 is 35.1. The van der Waals surface area contributed by atoms with Gasteiger partial charge in [-0.1, -0.05) is 49.1 Å². The number of fused-ring (bicyclic) bond motifs is 1. The summed E-state index contributed by atoms with van der Waals surface area (Å²) in [6, 6.07) is 12.2. The molecule has 2 aromatic carbocycles. The van der Waals surface area contributed by atoms with Crippen molar-refractivity contribution in [3.63, 3.8) is 0 Å². The molecule has 1 N–H and O–H groups in total. The molecule has 1 saturated carbocycles. The maximum Gasteiger partial charge on any atom is 0.408 e.